The fraction of sp³-hybridized carbons (Fsp3) is 0. The van der Waals surface area contributed by atoms with Gasteiger partial charge in [0.05, 0.1) is 11.0 Å². The van der Waals surface area contributed by atoms with Crippen molar-refractivity contribution in [1.82, 2.24) is 4.57 Å². The van der Waals surface area contributed by atoms with Crippen LogP contribution >= 0.6 is 0 Å². The van der Waals surface area contributed by atoms with Crippen molar-refractivity contribution in [2.75, 3.05) is 4.90 Å². The second-order valence-corrected chi connectivity index (χ2v) is 15.4. The quantitative estimate of drug-likeness (QED) is 0.140. The van der Waals surface area contributed by atoms with Gasteiger partial charge in [-0.1, -0.05) is 158 Å². The van der Waals surface area contributed by atoms with Crippen molar-refractivity contribution in [2.45, 2.75) is 0 Å². The Labute approximate surface area is 350 Å². The van der Waals surface area contributed by atoms with E-state index >= 15 is 0 Å². The number of para-hydroxylation sites is 1. The lowest BCUT2D eigenvalue weighted by atomic mass is 9.98. The van der Waals surface area contributed by atoms with Crippen LogP contribution in [0.15, 0.2) is 231 Å². The largest absolute Gasteiger partial charge is 0.311 e. The number of rotatable bonds is 8. The molecule has 0 N–H and O–H groups in total. The standard InChI is InChI=1S/C58H40N2/c1-3-11-41(12-4-1)19-20-42-21-29-52(30-22-42)59(51-17-5-2-6-18-51)53-31-33-54(34-32-53)60-57-35-27-49(47-25-23-43-13-7-9-15-45(43)37-47)39-55(57)56-40-50(28-36-58(56)60)48-26-24-44-14-8-10-16-46(44)38-48/h1-40H/b20-19+. The van der Waals surface area contributed by atoms with Crippen LogP contribution in [0.2, 0.25) is 0 Å². The van der Waals surface area contributed by atoms with Crippen LogP contribution in [0.25, 0.3) is 83.4 Å². The van der Waals surface area contributed by atoms with E-state index in [4.69, 9.17) is 0 Å². The predicted molar refractivity (Wildman–Crippen MR) is 257 cm³/mol. The first-order chi connectivity index (χ1) is 29.7. The third-order valence-electron chi connectivity index (χ3n) is 11.7. The molecule has 1 aromatic heterocycles. The number of fused-ring (bicyclic) bond motifs is 5. The summed E-state index contributed by atoms with van der Waals surface area (Å²) in [5.74, 6) is 0. The Hall–Kier alpha value is -7.94. The molecule has 11 rings (SSSR count). The summed E-state index contributed by atoms with van der Waals surface area (Å²) in [5.41, 5.74) is 14.0. The van der Waals surface area contributed by atoms with E-state index in [0.717, 1.165) is 28.3 Å². The van der Waals surface area contributed by atoms with E-state index in [1.807, 2.05) is 6.07 Å². The molecule has 0 atom stereocenters. The van der Waals surface area contributed by atoms with Gasteiger partial charge in [-0.05, 0) is 140 Å². The number of benzene rings is 10. The van der Waals surface area contributed by atoms with Crippen LogP contribution in [0.3, 0.4) is 0 Å². The van der Waals surface area contributed by atoms with Gasteiger partial charge < -0.3 is 9.47 Å². The highest BCUT2D eigenvalue weighted by Gasteiger charge is 2.17. The maximum Gasteiger partial charge on any atom is 0.0541 e. The van der Waals surface area contributed by atoms with E-state index in [0.29, 0.717) is 0 Å². The number of anilines is 3. The molecule has 0 aliphatic carbocycles. The first-order valence-corrected chi connectivity index (χ1v) is 20.6. The highest BCUT2D eigenvalue weighted by molar-refractivity contribution is 6.12. The normalized spacial score (nSPS) is 11.6. The number of aromatic nitrogens is 1. The molecule has 0 aliphatic heterocycles. The van der Waals surface area contributed by atoms with Gasteiger partial charge in [0, 0.05) is 33.5 Å². The van der Waals surface area contributed by atoms with Crippen LogP contribution in [0.5, 0.6) is 0 Å². The lowest BCUT2D eigenvalue weighted by molar-refractivity contribution is 1.17. The van der Waals surface area contributed by atoms with E-state index < -0.39 is 0 Å². The second-order valence-electron chi connectivity index (χ2n) is 15.4. The summed E-state index contributed by atoms with van der Waals surface area (Å²) in [7, 11) is 0. The molecule has 0 fully saturated rings. The Kier molecular flexibility index (Phi) is 8.87. The molecule has 0 spiro atoms. The number of hydrogen-bond donors (Lipinski definition) is 0. The Morgan fingerprint density at radius 2 is 0.700 bits per heavy atom. The minimum atomic E-state index is 1.09. The molecular weight excluding hydrogens is 725 g/mol. The zero-order valence-corrected chi connectivity index (χ0v) is 33.0. The lowest BCUT2D eigenvalue weighted by Crippen LogP contribution is -2.10. The Bertz CT molecular complexity index is 3200. The molecule has 0 saturated carbocycles. The zero-order valence-electron chi connectivity index (χ0n) is 33.0. The fourth-order valence-corrected chi connectivity index (χ4v) is 8.66. The van der Waals surface area contributed by atoms with Gasteiger partial charge in [0.25, 0.3) is 0 Å². The van der Waals surface area contributed by atoms with Crippen molar-refractivity contribution in [3.05, 3.63) is 242 Å². The molecular formula is C58H40N2. The Morgan fingerprint density at radius 1 is 0.300 bits per heavy atom. The molecule has 0 unspecified atom stereocenters. The molecule has 1 heterocycles. The van der Waals surface area contributed by atoms with Crippen molar-refractivity contribution in [2.24, 2.45) is 0 Å². The Morgan fingerprint density at radius 3 is 1.23 bits per heavy atom. The molecule has 0 saturated heterocycles. The van der Waals surface area contributed by atoms with Crippen molar-refractivity contribution >= 4 is 72.6 Å². The smallest absolute Gasteiger partial charge is 0.0541 e. The minimum Gasteiger partial charge on any atom is -0.311 e. The van der Waals surface area contributed by atoms with Crippen molar-refractivity contribution < 1.29 is 0 Å². The monoisotopic (exact) mass is 764 g/mol. The van der Waals surface area contributed by atoms with Crippen LogP contribution in [0.4, 0.5) is 17.1 Å². The maximum atomic E-state index is 2.42. The molecule has 10 aromatic carbocycles. The molecule has 0 radical (unpaired) electrons. The minimum absolute atomic E-state index is 1.09. The molecule has 2 heteroatoms. The average Bonchev–Trinajstić information content (AvgIpc) is 3.65. The molecule has 282 valence electrons. The molecule has 11 aromatic rings. The van der Waals surface area contributed by atoms with Crippen LogP contribution in [0.1, 0.15) is 11.1 Å². The summed E-state index contributed by atoms with van der Waals surface area (Å²) in [4.78, 5) is 2.33. The van der Waals surface area contributed by atoms with Gasteiger partial charge in [-0.2, -0.15) is 0 Å². The molecule has 0 bridgehead atoms. The van der Waals surface area contributed by atoms with Crippen molar-refractivity contribution in [1.29, 1.82) is 0 Å². The highest BCUT2D eigenvalue weighted by atomic mass is 15.1. The molecule has 2 nitrogen and oxygen atoms in total. The van der Waals surface area contributed by atoms with E-state index in [2.05, 4.69) is 246 Å². The summed E-state index contributed by atoms with van der Waals surface area (Å²) >= 11 is 0. The third kappa shape index (κ3) is 6.61. The van der Waals surface area contributed by atoms with Crippen LogP contribution < -0.4 is 4.90 Å². The fourth-order valence-electron chi connectivity index (χ4n) is 8.66. The van der Waals surface area contributed by atoms with E-state index in [1.54, 1.807) is 0 Å². The predicted octanol–water partition coefficient (Wildman–Crippen LogP) is 16.1. The first kappa shape index (κ1) is 35.2. The summed E-state index contributed by atoms with van der Waals surface area (Å²) in [5, 5.41) is 7.46. The zero-order chi connectivity index (χ0) is 39.8. The highest BCUT2D eigenvalue weighted by Crippen LogP contribution is 2.40. The summed E-state index contributed by atoms with van der Waals surface area (Å²) in [6.45, 7) is 0. The van der Waals surface area contributed by atoms with Gasteiger partial charge in [-0.15, -0.1) is 0 Å². The van der Waals surface area contributed by atoms with Crippen LogP contribution in [0, 0.1) is 0 Å². The SMILES string of the molecule is C(=C\c1ccc(N(c2ccccc2)c2ccc(-n3c4ccc(-c5ccc6ccccc6c5)cc4c4cc(-c5ccc6ccccc6c5)ccc43)cc2)cc1)/c1ccccc1. The topological polar surface area (TPSA) is 8.17 Å². The third-order valence-corrected chi connectivity index (χ3v) is 11.7. The van der Waals surface area contributed by atoms with Gasteiger partial charge in [0.2, 0.25) is 0 Å². The van der Waals surface area contributed by atoms with Crippen molar-refractivity contribution in [3.63, 3.8) is 0 Å². The van der Waals surface area contributed by atoms with Crippen LogP contribution in [-0.4, -0.2) is 4.57 Å². The second kappa shape index (κ2) is 15.1. The Balaban J connectivity index is 1.01. The van der Waals surface area contributed by atoms with Crippen LogP contribution in [-0.2, 0) is 0 Å². The van der Waals surface area contributed by atoms with Gasteiger partial charge in [0.1, 0.15) is 0 Å². The van der Waals surface area contributed by atoms with Gasteiger partial charge >= 0.3 is 0 Å². The van der Waals surface area contributed by atoms with Gasteiger partial charge in [-0.3, -0.25) is 0 Å². The van der Waals surface area contributed by atoms with Gasteiger partial charge in [-0.25, -0.2) is 0 Å². The molecule has 0 amide bonds. The number of hydrogen-bond acceptors (Lipinski definition) is 1. The summed E-state index contributed by atoms with van der Waals surface area (Å²) in [6, 6.07) is 83.5. The van der Waals surface area contributed by atoms with Crippen molar-refractivity contribution in [3.8, 4) is 27.9 Å². The van der Waals surface area contributed by atoms with E-state index in [9.17, 15) is 0 Å². The molecule has 60 heavy (non-hydrogen) atoms. The van der Waals surface area contributed by atoms with E-state index in [1.165, 1.54) is 71.2 Å². The van der Waals surface area contributed by atoms with Gasteiger partial charge in [0.15, 0.2) is 0 Å². The van der Waals surface area contributed by atoms with E-state index in [-0.39, 0.29) is 0 Å². The first-order valence-electron chi connectivity index (χ1n) is 20.6. The summed E-state index contributed by atoms with van der Waals surface area (Å²) in [6.07, 6.45) is 4.33. The number of nitrogens with zero attached hydrogens (tertiary/aromatic N) is 2. The summed E-state index contributed by atoms with van der Waals surface area (Å²) < 4.78 is 2.42. The average molecular weight is 765 g/mol. The lowest BCUT2D eigenvalue weighted by Gasteiger charge is -2.26. The molecule has 0 aliphatic rings. The maximum absolute atomic E-state index is 2.42.